The minimum Gasteiger partial charge on any atom is -0.396 e. The van der Waals surface area contributed by atoms with Crippen molar-refractivity contribution in [3.8, 4) is 0 Å². The third-order valence-electron chi connectivity index (χ3n) is 3.47. The van der Waals surface area contributed by atoms with Gasteiger partial charge in [-0.3, -0.25) is 4.90 Å². The van der Waals surface area contributed by atoms with Crippen LogP contribution in [-0.2, 0) is 12.3 Å². The standard InChI is InChI=1S/C12H22N4O2S/c1-15-4-5-16(7-10(15)3-6-17)8-12-13-11(9-19-2)14-18-12/h10,17H,3-9H2,1-2H3. The second kappa shape index (κ2) is 7.23. The van der Waals surface area contributed by atoms with Gasteiger partial charge in [0.05, 0.1) is 12.3 Å². The lowest BCUT2D eigenvalue weighted by atomic mass is 10.1. The first-order valence-electron chi connectivity index (χ1n) is 6.56. The number of aliphatic hydroxyl groups is 1. The fourth-order valence-corrected chi connectivity index (χ4v) is 2.72. The maximum Gasteiger partial charge on any atom is 0.240 e. The van der Waals surface area contributed by atoms with E-state index in [0.29, 0.717) is 18.5 Å². The van der Waals surface area contributed by atoms with Crippen LogP contribution in [0.1, 0.15) is 18.1 Å². The average Bonchev–Trinajstić information content (AvgIpc) is 2.82. The Kier molecular flexibility index (Phi) is 5.62. The summed E-state index contributed by atoms with van der Waals surface area (Å²) >= 11 is 1.69. The molecule has 0 aromatic carbocycles. The number of nitrogens with zero attached hydrogens (tertiary/aromatic N) is 4. The highest BCUT2D eigenvalue weighted by molar-refractivity contribution is 7.97. The molecule has 1 atom stereocenters. The quantitative estimate of drug-likeness (QED) is 0.813. The summed E-state index contributed by atoms with van der Waals surface area (Å²) in [4.78, 5) is 9.00. The van der Waals surface area contributed by atoms with E-state index >= 15 is 0 Å². The van der Waals surface area contributed by atoms with Crippen LogP contribution < -0.4 is 0 Å². The Bertz CT molecular complexity index is 388. The number of thioether (sulfide) groups is 1. The van der Waals surface area contributed by atoms with E-state index in [2.05, 4.69) is 27.0 Å². The van der Waals surface area contributed by atoms with Gasteiger partial charge in [0.25, 0.3) is 0 Å². The van der Waals surface area contributed by atoms with Crippen molar-refractivity contribution in [3.05, 3.63) is 11.7 Å². The van der Waals surface area contributed by atoms with Crippen LogP contribution in [0.4, 0.5) is 0 Å². The summed E-state index contributed by atoms with van der Waals surface area (Å²) in [7, 11) is 2.11. The monoisotopic (exact) mass is 286 g/mol. The topological polar surface area (TPSA) is 65.6 Å². The van der Waals surface area contributed by atoms with E-state index < -0.39 is 0 Å². The minimum atomic E-state index is 0.237. The molecular formula is C12H22N4O2S. The molecule has 1 unspecified atom stereocenters. The van der Waals surface area contributed by atoms with Gasteiger partial charge in [-0.2, -0.15) is 16.7 Å². The van der Waals surface area contributed by atoms with Crippen LogP contribution in [-0.4, -0.2) is 70.6 Å². The zero-order chi connectivity index (χ0) is 13.7. The number of aromatic nitrogens is 2. The number of aliphatic hydroxyl groups excluding tert-OH is 1. The maximum absolute atomic E-state index is 9.09. The van der Waals surface area contributed by atoms with Crippen LogP contribution in [0.2, 0.25) is 0 Å². The molecule has 1 aliphatic rings. The lowest BCUT2D eigenvalue weighted by Gasteiger charge is -2.38. The van der Waals surface area contributed by atoms with E-state index in [4.69, 9.17) is 9.63 Å². The zero-order valence-corrected chi connectivity index (χ0v) is 12.4. The van der Waals surface area contributed by atoms with Crippen molar-refractivity contribution < 1.29 is 9.63 Å². The Hall–Kier alpha value is -0.630. The molecule has 108 valence electrons. The van der Waals surface area contributed by atoms with E-state index in [1.54, 1.807) is 11.8 Å². The smallest absolute Gasteiger partial charge is 0.240 e. The van der Waals surface area contributed by atoms with Crippen LogP contribution >= 0.6 is 11.8 Å². The van der Waals surface area contributed by atoms with E-state index in [-0.39, 0.29) is 6.61 Å². The van der Waals surface area contributed by atoms with Gasteiger partial charge in [-0.15, -0.1) is 0 Å². The molecule has 0 aliphatic carbocycles. The van der Waals surface area contributed by atoms with Crippen molar-refractivity contribution in [2.24, 2.45) is 0 Å². The highest BCUT2D eigenvalue weighted by Crippen LogP contribution is 2.14. The average molecular weight is 286 g/mol. The normalized spacial score (nSPS) is 21.9. The van der Waals surface area contributed by atoms with Gasteiger partial charge >= 0.3 is 0 Å². The fraction of sp³-hybridized carbons (Fsp3) is 0.833. The van der Waals surface area contributed by atoms with Gasteiger partial charge in [-0.25, -0.2) is 0 Å². The van der Waals surface area contributed by atoms with Gasteiger partial charge in [0.2, 0.25) is 5.89 Å². The molecule has 0 spiro atoms. The highest BCUT2D eigenvalue weighted by atomic mass is 32.2. The first-order valence-corrected chi connectivity index (χ1v) is 7.96. The number of piperazine rings is 1. The molecule has 1 aromatic rings. The molecule has 19 heavy (non-hydrogen) atoms. The molecule has 7 heteroatoms. The zero-order valence-electron chi connectivity index (χ0n) is 11.6. The minimum absolute atomic E-state index is 0.237. The fourth-order valence-electron chi connectivity index (χ4n) is 2.35. The van der Waals surface area contributed by atoms with Gasteiger partial charge in [0, 0.05) is 32.3 Å². The van der Waals surface area contributed by atoms with Gasteiger partial charge in [0.1, 0.15) is 0 Å². The van der Waals surface area contributed by atoms with E-state index in [1.165, 1.54) is 0 Å². The Labute approximate surface area is 118 Å². The van der Waals surface area contributed by atoms with Crippen molar-refractivity contribution in [2.45, 2.75) is 24.8 Å². The molecule has 0 radical (unpaired) electrons. The molecule has 0 saturated carbocycles. The molecule has 0 amide bonds. The van der Waals surface area contributed by atoms with Crippen molar-refractivity contribution in [2.75, 3.05) is 39.5 Å². The van der Waals surface area contributed by atoms with Gasteiger partial charge in [0.15, 0.2) is 5.82 Å². The van der Waals surface area contributed by atoms with Crippen molar-refractivity contribution in [1.82, 2.24) is 19.9 Å². The molecule has 6 nitrogen and oxygen atoms in total. The van der Waals surface area contributed by atoms with Crippen molar-refractivity contribution >= 4 is 11.8 Å². The second-order valence-corrected chi connectivity index (χ2v) is 5.79. The highest BCUT2D eigenvalue weighted by Gasteiger charge is 2.24. The third kappa shape index (κ3) is 4.17. The molecule has 2 heterocycles. The summed E-state index contributed by atoms with van der Waals surface area (Å²) in [5, 5.41) is 13.0. The van der Waals surface area contributed by atoms with E-state index in [9.17, 15) is 0 Å². The van der Waals surface area contributed by atoms with Crippen LogP contribution in [0, 0.1) is 0 Å². The molecule has 1 aromatic heterocycles. The molecule has 1 aliphatic heterocycles. The molecule has 1 fully saturated rings. The summed E-state index contributed by atoms with van der Waals surface area (Å²) in [5.74, 6) is 2.25. The third-order valence-corrected chi connectivity index (χ3v) is 4.01. The predicted molar refractivity (Wildman–Crippen MR) is 74.9 cm³/mol. The second-order valence-electron chi connectivity index (χ2n) is 4.92. The lowest BCUT2D eigenvalue weighted by Crippen LogP contribution is -2.51. The van der Waals surface area contributed by atoms with Crippen LogP contribution in [0.15, 0.2) is 4.52 Å². The summed E-state index contributed by atoms with van der Waals surface area (Å²) in [5.41, 5.74) is 0. The van der Waals surface area contributed by atoms with Gasteiger partial charge < -0.3 is 14.5 Å². The van der Waals surface area contributed by atoms with E-state index in [0.717, 1.165) is 37.6 Å². The van der Waals surface area contributed by atoms with E-state index in [1.807, 2.05) is 6.26 Å². The molecule has 1 N–H and O–H groups in total. The summed E-state index contributed by atoms with van der Waals surface area (Å²) in [6, 6.07) is 0.410. The number of likely N-dealkylation sites (N-methyl/N-ethyl adjacent to an activating group) is 1. The lowest BCUT2D eigenvalue weighted by molar-refractivity contribution is 0.0680. The van der Waals surface area contributed by atoms with Gasteiger partial charge in [-0.1, -0.05) is 5.16 Å². The maximum atomic E-state index is 9.09. The number of hydrogen-bond acceptors (Lipinski definition) is 7. The molecular weight excluding hydrogens is 264 g/mol. The predicted octanol–water partition coefficient (Wildman–Crippen LogP) is 0.431. The first kappa shape index (κ1) is 14.8. The van der Waals surface area contributed by atoms with Gasteiger partial charge in [-0.05, 0) is 19.7 Å². The van der Waals surface area contributed by atoms with Crippen molar-refractivity contribution in [3.63, 3.8) is 0 Å². The first-order chi connectivity index (χ1) is 9.22. The number of rotatable bonds is 6. The Morgan fingerprint density at radius 3 is 3.05 bits per heavy atom. The summed E-state index contributed by atoms with van der Waals surface area (Å²) in [6.07, 6.45) is 2.84. The Morgan fingerprint density at radius 1 is 1.47 bits per heavy atom. The molecule has 0 bridgehead atoms. The van der Waals surface area contributed by atoms with Crippen molar-refractivity contribution in [1.29, 1.82) is 0 Å². The largest absolute Gasteiger partial charge is 0.396 e. The van der Waals surface area contributed by atoms with Crippen LogP contribution in [0.5, 0.6) is 0 Å². The SMILES string of the molecule is CSCc1noc(CN2CCN(C)C(CCO)C2)n1. The summed E-state index contributed by atoms with van der Waals surface area (Å²) in [6.45, 7) is 3.89. The Balaban J connectivity index is 1.87. The Morgan fingerprint density at radius 2 is 2.32 bits per heavy atom. The summed E-state index contributed by atoms with van der Waals surface area (Å²) < 4.78 is 5.26. The van der Waals surface area contributed by atoms with Crippen LogP contribution in [0.3, 0.4) is 0 Å². The molecule has 2 rings (SSSR count). The number of hydrogen-bond donors (Lipinski definition) is 1. The molecule has 1 saturated heterocycles. The van der Waals surface area contributed by atoms with Crippen LogP contribution in [0.25, 0.3) is 0 Å².